The van der Waals surface area contributed by atoms with Crippen LogP contribution in [0.5, 0.6) is 0 Å². The second-order valence-electron chi connectivity index (χ2n) is 6.15. The molecule has 0 aliphatic carbocycles. The lowest BCUT2D eigenvalue weighted by atomic mass is 9.75. The summed E-state index contributed by atoms with van der Waals surface area (Å²) < 4.78 is 4.91. The Morgan fingerprint density at radius 3 is 2.28 bits per heavy atom. The predicted octanol–water partition coefficient (Wildman–Crippen LogP) is 4.31. The van der Waals surface area contributed by atoms with Crippen LogP contribution in [0.2, 0.25) is 0 Å². The third-order valence-corrected chi connectivity index (χ3v) is 6.39. The van der Waals surface area contributed by atoms with Gasteiger partial charge in [0.2, 0.25) is 0 Å². The SMILES string of the molecule is CC(C)C(C)(C)CC(C)(C)SSCCOC(N)=O. The maximum absolute atomic E-state index is 10.4. The van der Waals surface area contributed by atoms with Crippen molar-refractivity contribution in [2.24, 2.45) is 17.1 Å². The fourth-order valence-electron chi connectivity index (χ4n) is 1.71. The molecule has 0 radical (unpaired) electrons. The first-order valence-electron chi connectivity index (χ1n) is 6.30. The summed E-state index contributed by atoms with van der Waals surface area (Å²) in [5.74, 6) is 1.44. The number of amides is 1. The first kappa shape index (κ1) is 18.0. The van der Waals surface area contributed by atoms with Crippen molar-refractivity contribution < 1.29 is 9.53 Å². The van der Waals surface area contributed by atoms with Crippen LogP contribution >= 0.6 is 21.6 Å². The average Bonchev–Trinajstić information content (AvgIpc) is 2.14. The number of ether oxygens (including phenoxy) is 1. The number of hydrogen-bond acceptors (Lipinski definition) is 4. The van der Waals surface area contributed by atoms with Crippen LogP contribution < -0.4 is 5.73 Å². The van der Waals surface area contributed by atoms with E-state index in [1.165, 1.54) is 0 Å². The molecular weight excluding hydrogens is 266 g/mol. The molecule has 0 heterocycles. The van der Waals surface area contributed by atoms with Crippen LogP contribution in [0.15, 0.2) is 0 Å². The number of rotatable bonds is 8. The number of primary amides is 1. The summed E-state index contributed by atoms with van der Waals surface area (Å²) in [6, 6.07) is 0. The third kappa shape index (κ3) is 8.14. The highest BCUT2D eigenvalue weighted by atomic mass is 33.1. The van der Waals surface area contributed by atoms with E-state index in [4.69, 9.17) is 10.5 Å². The van der Waals surface area contributed by atoms with E-state index in [-0.39, 0.29) is 4.75 Å². The van der Waals surface area contributed by atoms with Crippen molar-refractivity contribution in [3.8, 4) is 0 Å². The van der Waals surface area contributed by atoms with Crippen molar-refractivity contribution in [1.29, 1.82) is 0 Å². The monoisotopic (exact) mass is 293 g/mol. The van der Waals surface area contributed by atoms with Crippen LogP contribution in [0.4, 0.5) is 4.79 Å². The molecule has 2 N–H and O–H groups in total. The van der Waals surface area contributed by atoms with Crippen molar-refractivity contribution in [2.75, 3.05) is 12.4 Å². The lowest BCUT2D eigenvalue weighted by Gasteiger charge is -2.37. The zero-order valence-electron chi connectivity index (χ0n) is 12.4. The van der Waals surface area contributed by atoms with Gasteiger partial charge >= 0.3 is 6.09 Å². The van der Waals surface area contributed by atoms with E-state index >= 15 is 0 Å². The van der Waals surface area contributed by atoms with Crippen LogP contribution in [0.25, 0.3) is 0 Å². The van der Waals surface area contributed by atoms with Gasteiger partial charge in [0.15, 0.2) is 0 Å². The van der Waals surface area contributed by atoms with Gasteiger partial charge in [-0.2, -0.15) is 0 Å². The zero-order chi connectivity index (χ0) is 14.4. The Morgan fingerprint density at radius 2 is 1.83 bits per heavy atom. The van der Waals surface area contributed by atoms with Crippen molar-refractivity contribution in [3.05, 3.63) is 0 Å². The molecule has 0 aromatic carbocycles. The highest BCUT2D eigenvalue weighted by Gasteiger charge is 2.31. The number of hydrogen-bond donors (Lipinski definition) is 1. The second-order valence-corrected chi connectivity index (χ2v) is 9.28. The minimum atomic E-state index is -0.694. The summed E-state index contributed by atoms with van der Waals surface area (Å²) in [6.45, 7) is 14.1. The Balaban J connectivity index is 3.97. The van der Waals surface area contributed by atoms with Crippen molar-refractivity contribution in [3.63, 3.8) is 0 Å². The molecule has 3 nitrogen and oxygen atoms in total. The standard InChI is InChI=1S/C13H27NO2S2/c1-10(2)12(3,4)9-13(5,6)18-17-8-7-16-11(14)15/h10H,7-9H2,1-6H3,(H2,14,15). The lowest BCUT2D eigenvalue weighted by molar-refractivity contribution is 0.164. The van der Waals surface area contributed by atoms with Gasteiger partial charge < -0.3 is 10.5 Å². The van der Waals surface area contributed by atoms with E-state index < -0.39 is 6.09 Å². The summed E-state index contributed by atoms with van der Waals surface area (Å²) in [4.78, 5) is 10.4. The number of carbonyl (C=O) groups is 1. The van der Waals surface area contributed by atoms with E-state index in [0.29, 0.717) is 17.9 Å². The quantitative estimate of drug-likeness (QED) is 0.535. The van der Waals surface area contributed by atoms with E-state index in [2.05, 4.69) is 41.5 Å². The van der Waals surface area contributed by atoms with E-state index in [1.807, 2.05) is 10.8 Å². The van der Waals surface area contributed by atoms with Crippen LogP contribution in [-0.2, 0) is 4.74 Å². The van der Waals surface area contributed by atoms with Gasteiger partial charge in [0.1, 0.15) is 6.61 Å². The molecule has 5 heteroatoms. The Hall–Kier alpha value is -0.0300. The second kappa shape index (κ2) is 7.53. The summed E-state index contributed by atoms with van der Waals surface area (Å²) >= 11 is 0. The van der Waals surface area contributed by atoms with Gasteiger partial charge in [0.25, 0.3) is 0 Å². The molecule has 0 rings (SSSR count). The van der Waals surface area contributed by atoms with Gasteiger partial charge in [-0.05, 0) is 31.6 Å². The number of nitrogens with two attached hydrogens (primary N) is 1. The maximum Gasteiger partial charge on any atom is 0.404 e. The Morgan fingerprint density at radius 1 is 1.28 bits per heavy atom. The Kier molecular flexibility index (Phi) is 7.52. The topological polar surface area (TPSA) is 52.3 Å². The van der Waals surface area contributed by atoms with Gasteiger partial charge in [-0.15, -0.1) is 0 Å². The van der Waals surface area contributed by atoms with Gasteiger partial charge in [-0.3, -0.25) is 0 Å². The van der Waals surface area contributed by atoms with E-state index in [9.17, 15) is 4.79 Å². The summed E-state index contributed by atoms with van der Waals surface area (Å²) in [5.41, 5.74) is 5.23. The van der Waals surface area contributed by atoms with Gasteiger partial charge in [-0.1, -0.05) is 49.3 Å². The van der Waals surface area contributed by atoms with Crippen molar-refractivity contribution in [2.45, 2.75) is 52.7 Å². The van der Waals surface area contributed by atoms with E-state index in [0.717, 1.165) is 12.2 Å². The summed E-state index contributed by atoms with van der Waals surface area (Å²) in [5, 5.41) is 0. The first-order chi connectivity index (χ1) is 8.07. The van der Waals surface area contributed by atoms with Crippen LogP contribution in [0.3, 0.4) is 0 Å². The molecular formula is C13H27NO2S2. The summed E-state index contributed by atoms with van der Waals surface area (Å²) in [7, 11) is 3.60. The molecule has 18 heavy (non-hydrogen) atoms. The largest absolute Gasteiger partial charge is 0.449 e. The molecule has 0 aromatic heterocycles. The molecule has 0 atom stereocenters. The normalized spacial score (nSPS) is 12.8. The maximum atomic E-state index is 10.4. The third-order valence-electron chi connectivity index (χ3n) is 3.14. The van der Waals surface area contributed by atoms with Crippen molar-refractivity contribution >= 4 is 27.7 Å². The highest BCUT2D eigenvalue weighted by Crippen LogP contribution is 2.45. The molecule has 0 saturated carbocycles. The van der Waals surface area contributed by atoms with Crippen molar-refractivity contribution in [1.82, 2.24) is 0 Å². The van der Waals surface area contributed by atoms with Crippen LogP contribution in [0, 0.1) is 11.3 Å². The zero-order valence-corrected chi connectivity index (χ0v) is 14.0. The molecule has 0 aliphatic heterocycles. The molecule has 0 spiro atoms. The van der Waals surface area contributed by atoms with Gasteiger partial charge in [-0.25, -0.2) is 4.79 Å². The summed E-state index contributed by atoms with van der Waals surface area (Å²) in [6.07, 6.45) is 0.465. The van der Waals surface area contributed by atoms with Crippen LogP contribution in [-0.4, -0.2) is 23.2 Å². The molecule has 0 aliphatic rings. The molecule has 0 aromatic rings. The minimum Gasteiger partial charge on any atom is -0.449 e. The average molecular weight is 293 g/mol. The fraction of sp³-hybridized carbons (Fsp3) is 0.923. The number of carbonyl (C=O) groups excluding carboxylic acids is 1. The first-order valence-corrected chi connectivity index (χ1v) is 8.61. The molecule has 108 valence electrons. The molecule has 0 unspecified atom stereocenters. The molecule has 1 amide bonds. The fourth-order valence-corrected chi connectivity index (χ4v) is 4.28. The van der Waals surface area contributed by atoms with Gasteiger partial charge in [0, 0.05) is 10.5 Å². The van der Waals surface area contributed by atoms with E-state index in [1.54, 1.807) is 10.8 Å². The predicted molar refractivity (Wildman–Crippen MR) is 82.9 cm³/mol. The molecule has 0 bridgehead atoms. The lowest BCUT2D eigenvalue weighted by Crippen LogP contribution is -2.29. The molecule has 0 fully saturated rings. The highest BCUT2D eigenvalue weighted by molar-refractivity contribution is 8.77. The Bertz CT molecular complexity index is 266. The minimum absolute atomic E-state index is 0.213. The van der Waals surface area contributed by atoms with Crippen LogP contribution in [0.1, 0.15) is 48.0 Å². The van der Waals surface area contributed by atoms with Gasteiger partial charge in [0.05, 0.1) is 0 Å². The smallest absolute Gasteiger partial charge is 0.404 e. The Labute approximate surface area is 119 Å². The molecule has 0 saturated heterocycles.